The zero-order chi connectivity index (χ0) is 14.1. The maximum absolute atomic E-state index is 12.8. The maximum Gasteiger partial charge on any atom is 0.330 e. The fourth-order valence-corrected chi connectivity index (χ4v) is 2.00. The first-order valence-electron chi connectivity index (χ1n) is 5.97. The summed E-state index contributed by atoms with van der Waals surface area (Å²) >= 11 is 0. The Bertz CT molecular complexity index is 881. The van der Waals surface area contributed by atoms with Crippen LogP contribution in [0.25, 0.3) is 11.0 Å². The lowest BCUT2D eigenvalue weighted by molar-refractivity contribution is 0.625. The van der Waals surface area contributed by atoms with Gasteiger partial charge in [-0.25, -0.2) is 14.2 Å². The quantitative estimate of drug-likeness (QED) is 0.763. The molecule has 0 aliphatic carbocycles. The zero-order valence-electron chi connectivity index (χ0n) is 10.3. The molecule has 0 saturated heterocycles. The van der Waals surface area contributed by atoms with Crippen molar-refractivity contribution in [1.29, 1.82) is 0 Å². The fraction of sp³-hybridized carbons (Fsp3) is 0.0714. The van der Waals surface area contributed by atoms with Gasteiger partial charge in [-0.1, -0.05) is 12.1 Å². The lowest BCUT2D eigenvalue weighted by Gasteiger charge is -2.06. The van der Waals surface area contributed by atoms with E-state index < -0.39 is 11.2 Å². The van der Waals surface area contributed by atoms with Gasteiger partial charge in [0.1, 0.15) is 11.5 Å². The lowest BCUT2D eigenvalue weighted by atomic mass is 10.2. The molecule has 2 aromatic heterocycles. The number of rotatable bonds is 2. The van der Waals surface area contributed by atoms with E-state index in [1.54, 1.807) is 12.1 Å². The molecule has 3 aromatic rings. The molecular weight excluding hydrogens is 261 g/mol. The second-order valence-electron chi connectivity index (χ2n) is 4.35. The van der Waals surface area contributed by atoms with Gasteiger partial charge in [0, 0.05) is 6.20 Å². The number of aromatic amines is 1. The molecule has 20 heavy (non-hydrogen) atoms. The maximum atomic E-state index is 12.8. The summed E-state index contributed by atoms with van der Waals surface area (Å²) < 4.78 is 13.9. The van der Waals surface area contributed by atoms with Crippen molar-refractivity contribution in [3.05, 3.63) is 74.8 Å². The highest BCUT2D eigenvalue weighted by molar-refractivity contribution is 5.72. The third-order valence-corrected chi connectivity index (χ3v) is 3.01. The van der Waals surface area contributed by atoms with Gasteiger partial charge < -0.3 is 0 Å². The van der Waals surface area contributed by atoms with Crippen LogP contribution in [0.5, 0.6) is 0 Å². The Kier molecular flexibility index (Phi) is 2.90. The van der Waals surface area contributed by atoms with Crippen LogP contribution >= 0.6 is 0 Å². The number of fused-ring (bicyclic) bond motifs is 1. The minimum absolute atomic E-state index is 0.0826. The minimum Gasteiger partial charge on any atom is -0.291 e. The minimum atomic E-state index is -0.537. The number of aromatic nitrogens is 3. The average Bonchev–Trinajstić information content (AvgIpc) is 2.45. The molecule has 1 N–H and O–H groups in total. The van der Waals surface area contributed by atoms with Gasteiger partial charge in [0.2, 0.25) is 0 Å². The third-order valence-electron chi connectivity index (χ3n) is 3.01. The predicted octanol–water partition coefficient (Wildman–Crippen LogP) is 1.27. The van der Waals surface area contributed by atoms with E-state index in [9.17, 15) is 14.0 Å². The van der Waals surface area contributed by atoms with Crippen molar-refractivity contribution in [2.24, 2.45) is 0 Å². The molecule has 0 fully saturated rings. The summed E-state index contributed by atoms with van der Waals surface area (Å²) in [5.41, 5.74) is -0.0215. The summed E-state index contributed by atoms with van der Waals surface area (Å²) in [6.45, 7) is 0.0826. The molecule has 0 aliphatic rings. The van der Waals surface area contributed by atoms with Crippen LogP contribution < -0.4 is 11.2 Å². The molecule has 3 rings (SSSR count). The molecule has 0 saturated carbocycles. The Hall–Kier alpha value is -2.76. The van der Waals surface area contributed by atoms with Crippen molar-refractivity contribution in [2.75, 3.05) is 0 Å². The molecule has 6 heteroatoms. The van der Waals surface area contributed by atoms with E-state index in [0.717, 1.165) is 4.57 Å². The SMILES string of the molecule is O=c1[nH]c2ncccc2c(=O)n1Cc1ccc(F)cc1. The van der Waals surface area contributed by atoms with Crippen LogP contribution in [0.2, 0.25) is 0 Å². The van der Waals surface area contributed by atoms with Crippen LogP contribution in [0, 0.1) is 5.82 Å². The smallest absolute Gasteiger partial charge is 0.291 e. The van der Waals surface area contributed by atoms with Crippen LogP contribution in [-0.2, 0) is 6.54 Å². The van der Waals surface area contributed by atoms with Gasteiger partial charge in [-0.3, -0.25) is 14.3 Å². The molecule has 1 aromatic carbocycles. The predicted molar refractivity (Wildman–Crippen MR) is 72.1 cm³/mol. The molecule has 5 nitrogen and oxygen atoms in total. The number of nitrogens with zero attached hydrogens (tertiary/aromatic N) is 2. The molecule has 0 aliphatic heterocycles. The van der Waals surface area contributed by atoms with Crippen molar-refractivity contribution in [1.82, 2.24) is 14.5 Å². The number of hydrogen-bond acceptors (Lipinski definition) is 3. The van der Waals surface area contributed by atoms with Gasteiger partial charge in [-0.15, -0.1) is 0 Å². The molecular formula is C14H10FN3O2. The van der Waals surface area contributed by atoms with Gasteiger partial charge in [-0.05, 0) is 29.8 Å². The van der Waals surface area contributed by atoms with Crippen molar-refractivity contribution >= 4 is 11.0 Å². The molecule has 0 atom stereocenters. The van der Waals surface area contributed by atoms with Crippen LogP contribution in [-0.4, -0.2) is 14.5 Å². The number of H-pyrrole nitrogens is 1. The van der Waals surface area contributed by atoms with E-state index >= 15 is 0 Å². The first-order valence-corrected chi connectivity index (χ1v) is 5.97. The number of pyridine rings is 1. The Balaban J connectivity index is 2.14. The summed E-state index contributed by atoms with van der Waals surface area (Å²) in [5.74, 6) is -0.363. The number of nitrogens with one attached hydrogen (secondary N) is 1. The Morgan fingerprint density at radius 1 is 1.15 bits per heavy atom. The molecule has 0 unspecified atom stereocenters. The Morgan fingerprint density at radius 3 is 2.65 bits per heavy atom. The number of benzene rings is 1. The van der Waals surface area contributed by atoms with Gasteiger partial charge in [0.05, 0.1) is 11.9 Å². The lowest BCUT2D eigenvalue weighted by Crippen LogP contribution is -2.35. The van der Waals surface area contributed by atoms with E-state index in [1.165, 1.54) is 30.5 Å². The first kappa shape index (κ1) is 12.3. The van der Waals surface area contributed by atoms with E-state index in [4.69, 9.17) is 0 Å². The normalized spacial score (nSPS) is 10.8. The molecule has 0 spiro atoms. The number of hydrogen-bond donors (Lipinski definition) is 1. The zero-order valence-corrected chi connectivity index (χ0v) is 10.3. The molecule has 0 bridgehead atoms. The molecule has 0 amide bonds. The standard InChI is InChI=1S/C14H10FN3O2/c15-10-5-3-9(4-6-10)8-18-13(19)11-2-1-7-16-12(11)17-14(18)20/h1-7H,8H2,(H,16,17,20). The van der Waals surface area contributed by atoms with E-state index in [0.29, 0.717) is 10.9 Å². The molecule has 0 radical (unpaired) electrons. The summed E-state index contributed by atoms with van der Waals surface area (Å²) in [6, 6.07) is 8.88. The van der Waals surface area contributed by atoms with Crippen molar-refractivity contribution < 1.29 is 4.39 Å². The highest BCUT2D eigenvalue weighted by atomic mass is 19.1. The molecule has 2 heterocycles. The van der Waals surface area contributed by atoms with Gasteiger partial charge in [0.15, 0.2) is 0 Å². The van der Waals surface area contributed by atoms with Crippen molar-refractivity contribution in [3.63, 3.8) is 0 Å². The monoisotopic (exact) mass is 271 g/mol. The van der Waals surface area contributed by atoms with Crippen LogP contribution in [0.15, 0.2) is 52.2 Å². The third kappa shape index (κ3) is 2.11. The summed E-state index contributed by atoms with van der Waals surface area (Å²) in [7, 11) is 0. The van der Waals surface area contributed by atoms with Crippen LogP contribution in [0.1, 0.15) is 5.56 Å². The summed E-state index contributed by atoms with van der Waals surface area (Å²) in [4.78, 5) is 30.7. The summed E-state index contributed by atoms with van der Waals surface area (Å²) in [5, 5.41) is 0.342. The highest BCUT2D eigenvalue weighted by Crippen LogP contribution is 2.04. The van der Waals surface area contributed by atoms with Crippen molar-refractivity contribution in [2.45, 2.75) is 6.54 Å². The molecule has 100 valence electrons. The second kappa shape index (κ2) is 4.73. The number of halogens is 1. The Labute approximate surface area is 112 Å². The second-order valence-corrected chi connectivity index (χ2v) is 4.35. The van der Waals surface area contributed by atoms with Crippen molar-refractivity contribution in [3.8, 4) is 0 Å². The average molecular weight is 271 g/mol. The van der Waals surface area contributed by atoms with Gasteiger partial charge >= 0.3 is 5.69 Å². The fourth-order valence-electron chi connectivity index (χ4n) is 2.00. The van der Waals surface area contributed by atoms with E-state index in [2.05, 4.69) is 9.97 Å². The largest absolute Gasteiger partial charge is 0.330 e. The van der Waals surface area contributed by atoms with Gasteiger partial charge in [-0.2, -0.15) is 0 Å². The highest BCUT2D eigenvalue weighted by Gasteiger charge is 2.08. The Morgan fingerprint density at radius 2 is 1.90 bits per heavy atom. The summed E-state index contributed by atoms with van der Waals surface area (Å²) in [6.07, 6.45) is 1.50. The van der Waals surface area contributed by atoms with E-state index in [-0.39, 0.29) is 18.0 Å². The van der Waals surface area contributed by atoms with Crippen LogP contribution in [0.3, 0.4) is 0 Å². The topological polar surface area (TPSA) is 67.8 Å². The van der Waals surface area contributed by atoms with E-state index in [1.807, 2.05) is 0 Å². The van der Waals surface area contributed by atoms with Gasteiger partial charge in [0.25, 0.3) is 5.56 Å². The first-order chi connectivity index (χ1) is 9.65. The van der Waals surface area contributed by atoms with Crippen LogP contribution in [0.4, 0.5) is 4.39 Å².